The maximum absolute atomic E-state index is 10.8. The minimum Gasteiger partial charge on any atom is -0.394 e. The normalized spacial score (nSPS) is 9.91. The van der Waals surface area contributed by atoms with Gasteiger partial charge in [-0.2, -0.15) is 0 Å². The fraction of sp³-hybridized carbons (Fsp3) is 0.400. The van der Waals surface area contributed by atoms with Gasteiger partial charge in [0.2, 0.25) is 0 Å². The van der Waals surface area contributed by atoms with Crippen molar-refractivity contribution in [2.45, 2.75) is 6.54 Å². The maximum atomic E-state index is 10.8. The molecular weight excluding hydrogens is 150 g/mol. The van der Waals surface area contributed by atoms with Gasteiger partial charge in [0.05, 0.1) is 13.2 Å². The second kappa shape index (κ2) is 3.11. The molecule has 0 aromatic carbocycles. The van der Waals surface area contributed by atoms with Gasteiger partial charge in [0, 0.05) is 0 Å². The van der Waals surface area contributed by atoms with E-state index >= 15 is 0 Å². The summed E-state index contributed by atoms with van der Waals surface area (Å²) >= 11 is 0. The van der Waals surface area contributed by atoms with E-state index in [1.807, 2.05) is 4.98 Å². The van der Waals surface area contributed by atoms with E-state index in [0.717, 1.165) is 4.68 Å². The van der Waals surface area contributed by atoms with Crippen molar-refractivity contribution in [1.29, 1.82) is 0 Å². The smallest absolute Gasteiger partial charge is 0.332 e. The van der Waals surface area contributed by atoms with E-state index in [4.69, 9.17) is 5.11 Å². The Bertz CT molecular complexity index is 339. The minimum atomic E-state index is -0.784. The lowest BCUT2D eigenvalue weighted by molar-refractivity contribution is 0.265. The van der Waals surface area contributed by atoms with Crippen molar-refractivity contribution in [3.63, 3.8) is 0 Å². The van der Waals surface area contributed by atoms with E-state index in [-0.39, 0.29) is 13.2 Å². The summed E-state index contributed by atoms with van der Waals surface area (Å²) < 4.78 is 0.846. The first-order valence-electron chi connectivity index (χ1n) is 2.94. The van der Waals surface area contributed by atoms with Crippen LogP contribution in [0.3, 0.4) is 0 Å². The molecule has 1 aromatic rings. The van der Waals surface area contributed by atoms with Crippen molar-refractivity contribution >= 4 is 0 Å². The van der Waals surface area contributed by atoms with Crippen LogP contribution in [-0.2, 0) is 6.54 Å². The van der Waals surface area contributed by atoms with Gasteiger partial charge < -0.3 is 5.11 Å². The van der Waals surface area contributed by atoms with Crippen LogP contribution in [0.15, 0.2) is 9.59 Å². The SMILES string of the molecule is O=c1[nH][c]nn(CCO)c1=O. The topological polar surface area (TPSA) is 88.0 Å². The number of hydrogen-bond donors (Lipinski definition) is 2. The molecule has 0 aliphatic carbocycles. The summed E-state index contributed by atoms with van der Waals surface area (Å²) in [4.78, 5) is 23.3. The van der Waals surface area contributed by atoms with Gasteiger partial charge in [-0.1, -0.05) is 0 Å². The van der Waals surface area contributed by atoms with E-state index < -0.39 is 11.1 Å². The number of aliphatic hydroxyl groups excluding tert-OH is 1. The highest BCUT2D eigenvalue weighted by Gasteiger charge is 1.98. The summed E-state index contributed by atoms with van der Waals surface area (Å²) in [6.07, 6.45) is 2.12. The van der Waals surface area contributed by atoms with Gasteiger partial charge in [-0.25, -0.2) is 4.68 Å². The van der Waals surface area contributed by atoms with Crippen molar-refractivity contribution in [3.05, 3.63) is 27.0 Å². The Morgan fingerprint density at radius 1 is 1.64 bits per heavy atom. The predicted octanol–water partition coefficient (Wildman–Crippen LogP) is -2.28. The monoisotopic (exact) mass is 156 g/mol. The van der Waals surface area contributed by atoms with Gasteiger partial charge in [-0.05, 0) is 0 Å². The van der Waals surface area contributed by atoms with Crippen LogP contribution >= 0.6 is 0 Å². The number of nitrogens with one attached hydrogen (secondary N) is 1. The quantitative estimate of drug-likeness (QED) is 0.472. The molecule has 0 fully saturated rings. The van der Waals surface area contributed by atoms with Gasteiger partial charge >= 0.3 is 11.1 Å². The molecule has 0 aliphatic heterocycles. The number of hydrogen-bond acceptors (Lipinski definition) is 4. The summed E-state index contributed by atoms with van der Waals surface area (Å²) in [5.74, 6) is 0. The molecule has 0 spiro atoms. The molecule has 6 nitrogen and oxygen atoms in total. The molecule has 59 valence electrons. The van der Waals surface area contributed by atoms with E-state index in [1.165, 1.54) is 0 Å². The van der Waals surface area contributed by atoms with Crippen LogP contribution in [0.25, 0.3) is 0 Å². The Kier molecular flexibility index (Phi) is 2.17. The van der Waals surface area contributed by atoms with E-state index in [2.05, 4.69) is 11.4 Å². The number of H-pyrrole nitrogens is 1. The lowest BCUT2D eigenvalue weighted by Gasteiger charge is -1.96. The minimum absolute atomic E-state index is 0.0131. The molecule has 11 heavy (non-hydrogen) atoms. The first-order valence-corrected chi connectivity index (χ1v) is 2.94. The average Bonchev–Trinajstić information content (AvgIpc) is 1.99. The molecule has 0 unspecified atom stereocenters. The zero-order valence-corrected chi connectivity index (χ0v) is 5.57. The molecule has 0 bridgehead atoms. The van der Waals surface area contributed by atoms with Crippen LogP contribution in [0.5, 0.6) is 0 Å². The van der Waals surface area contributed by atoms with Crippen LogP contribution in [0.4, 0.5) is 0 Å². The fourth-order valence-corrected chi connectivity index (χ4v) is 0.598. The lowest BCUT2D eigenvalue weighted by atomic mass is 10.6. The summed E-state index contributed by atoms with van der Waals surface area (Å²) in [5, 5.41) is 11.8. The van der Waals surface area contributed by atoms with Gasteiger partial charge in [0.15, 0.2) is 6.33 Å². The van der Waals surface area contributed by atoms with Crippen LogP contribution in [0.2, 0.25) is 0 Å². The molecule has 0 saturated heterocycles. The molecule has 2 N–H and O–H groups in total. The third kappa shape index (κ3) is 1.53. The number of rotatable bonds is 2. The highest BCUT2D eigenvalue weighted by atomic mass is 16.3. The molecule has 0 atom stereocenters. The molecule has 1 aromatic heterocycles. The van der Waals surface area contributed by atoms with Crippen molar-refractivity contribution < 1.29 is 5.11 Å². The first kappa shape index (κ1) is 7.67. The molecule has 6 heteroatoms. The zero-order valence-electron chi connectivity index (χ0n) is 5.57. The van der Waals surface area contributed by atoms with Crippen molar-refractivity contribution in [2.24, 2.45) is 0 Å². The van der Waals surface area contributed by atoms with Gasteiger partial charge in [-0.15, -0.1) is 5.10 Å². The van der Waals surface area contributed by atoms with Gasteiger partial charge in [-0.3, -0.25) is 14.6 Å². The molecule has 1 heterocycles. The second-order valence-corrected chi connectivity index (χ2v) is 1.82. The van der Waals surface area contributed by atoms with E-state index in [0.29, 0.717) is 0 Å². The van der Waals surface area contributed by atoms with Crippen LogP contribution < -0.4 is 11.1 Å². The number of nitrogens with zero attached hydrogens (tertiary/aromatic N) is 2. The highest BCUT2D eigenvalue weighted by Crippen LogP contribution is 1.65. The Morgan fingerprint density at radius 2 is 2.36 bits per heavy atom. The van der Waals surface area contributed by atoms with Crippen LogP contribution in [0.1, 0.15) is 0 Å². The highest BCUT2D eigenvalue weighted by molar-refractivity contribution is 4.71. The number of aliphatic hydroxyl groups is 1. The molecule has 0 saturated carbocycles. The summed E-state index contributed by atoms with van der Waals surface area (Å²) in [6, 6.07) is 0. The van der Waals surface area contributed by atoms with Crippen LogP contribution in [-0.4, -0.2) is 26.5 Å². The number of aromatic amines is 1. The number of aromatic nitrogens is 3. The van der Waals surface area contributed by atoms with E-state index in [9.17, 15) is 9.59 Å². The molecule has 0 aliphatic rings. The predicted molar refractivity (Wildman–Crippen MR) is 35.0 cm³/mol. The third-order valence-corrected chi connectivity index (χ3v) is 1.08. The fourth-order valence-electron chi connectivity index (χ4n) is 0.598. The van der Waals surface area contributed by atoms with Crippen LogP contribution in [0, 0.1) is 6.33 Å². The van der Waals surface area contributed by atoms with Crippen molar-refractivity contribution in [3.8, 4) is 0 Å². The first-order chi connectivity index (χ1) is 5.25. The lowest BCUT2D eigenvalue weighted by Crippen LogP contribution is -2.38. The largest absolute Gasteiger partial charge is 0.394 e. The Labute approximate surface area is 61.1 Å². The van der Waals surface area contributed by atoms with Gasteiger partial charge in [0.25, 0.3) is 0 Å². The van der Waals surface area contributed by atoms with E-state index in [1.54, 1.807) is 0 Å². The van der Waals surface area contributed by atoms with Crippen molar-refractivity contribution in [2.75, 3.05) is 6.61 Å². The average molecular weight is 156 g/mol. The maximum Gasteiger partial charge on any atom is 0.332 e. The third-order valence-electron chi connectivity index (χ3n) is 1.08. The summed E-state index contributed by atoms with van der Waals surface area (Å²) in [7, 11) is 0. The molecule has 0 amide bonds. The molecular formula is C5H6N3O3. The van der Waals surface area contributed by atoms with Crippen molar-refractivity contribution in [1.82, 2.24) is 14.8 Å². The standard InChI is InChI=1S/C5H6N3O3/c9-2-1-8-5(11)4(10)6-3-7-8/h9H,1-2H2,(H,6,7,10). The molecule has 1 rings (SSSR count). The zero-order chi connectivity index (χ0) is 8.27. The molecule has 1 radical (unpaired) electrons. The second-order valence-electron chi connectivity index (χ2n) is 1.82. The Morgan fingerprint density at radius 3 is 3.00 bits per heavy atom. The van der Waals surface area contributed by atoms with Gasteiger partial charge in [0.1, 0.15) is 0 Å². The summed E-state index contributed by atoms with van der Waals surface area (Å²) in [6.45, 7) is -0.219. The Balaban J connectivity index is 3.18. The Hall–Kier alpha value is -1.43. The summed E-state index contributed by atoms with van der Waals surface area (Å²) in [5.41, 5.74) is -1.56.